The fourth-order valence-electron chi connectivity index (χ4n) is 2.66. The SMILES string of the molecule is Cc1cc(F)ccc1-c1cc2cc(CCC(=O)O)ccc2[nH]1. The maximum atomic E-state index is 13.2. The highest BCUT2D eigenvalue weighted by Gasteiger charge is 2.08. The molecule has 1 aromatic heterocycles. The van der Waals surface area contributed by atoms with Gasteiger partial charge < -0.3 is 10.1 Å². The van der Waals surface area contributed by atoms with E-state index in [0.29, 0.717) is 6.42 Å². The van der Waals surface area contributed by atoms with E-state index in [-0.39, 0.29) is 12.2 Å². The van der Waals surface area contributed by atoms with Crippen LogP contribution in [0.25, 0.3) is 22.2 Å². The van der Waals surface area contributed by atoms with Crippen LogP contribution in [0.5, 0.6) is 0 Å². The van der Waals surface area contributed by atoms with Crippen molar-refractivity contribution in [3.63, 3.8) is 0 Å². The summed E-state index contributed by atoms with van der Waals surface area (Å²) >= 11 is 0. The molecule has 3 nitrogen and oxygen atoms in total. The number of aliphatic carboxylic acids is 1. The number of carboxylic acid groups (broad SMARTS) is 1. The maximum Gasteiger partial charge on any atom is 0.303 e. The molecular formula is C18H16FNO2. The van der Waals surface area contributed by atoms with Crippen LogP contribution in [0.3, 0.4) is 0 Å². The lowest BCUT2D eigenvalue weighted by atomic mass is 10.0. The molecule has 4 heteroatoms. The van der Waals surface area contributed by atoms with Gasteiger partial charge in [-0.25, -0.2) is 4.39 Å². The number of aryl methyl sites for hydroxylation is 2. The Morgan fingerprint density at radius 1 is 1.18 bits per heavy atom. The summed E-state index contributed by atoms with van der Waals surface area (Å²) < 4.78 is 13.2. The van der Waals surface area contributed by atoms with Crippen LogP contribution in [0.15, 0.2) is 42.5 Å². The molecule has 0 radical (unpaired) electrons. The number of aromatic nitrogens is 1. The van der Waals surface area contributed by atoms with E-state index in [0.717, 1.165) is 33.3 Å². The quantitative estimate of drug-likeness (QED) is 0.754. The Bertz CT molecular complexity index is 851. The summed E-state index contributed by atoms with van der Waals surface area (Å²) in [7, 11) is 0. The van der Waals surface area contributed by atoms with Crippen molar-refractivity contribution < 1.29 is 14.3 Å². The van der Waals surface area contributed by atoms with E-state index < -0.39 is 5.97 Å². The van der Waals surface area contributed by atoms with Crippen LogP contribution in [0.2, 0.25) is 0 Å². The molecular weight excluding hydrogens is 281 g/mol. The highest BCUT2D eigenvalue weighted by Crippen LogP contribution is 2.28. The van der Waals surface area contributed by atoms with Gasteiger partial charge in [-0.3, -0.25) is 4.79 Å². The molecule has 0 aliphatic heterocycles. The van der Waals surface area contributed by atoms with Gasteiger partial charge in [0.15, 0.2) is 0 Å². The van der Waals surface area contributed by atoms with Crippen LogP contribution < -0.4 is 0 Å². The van der Waals surface area contributed by atoms with Crippen LogP contribution in [-0.4, -0.2) is 16.1 Å². The summed E-state index contributed by atoms with van der Waals surface area (Å²) in [6, 6.07) is 12.6. The smallest absolute Gasteiger partial charge is 0.303 e. The standard InChI is InChI=1S/C18H16FNO2/c1-11-8-14(19)4-5-15(11)17-10-13-9-12(3-7-18(21)22)2-6-16(13)20-17/h2,4-6,8-10,20H,3,7H2,1H3,(H,21,22). The Hall–Kier alpha value is -2.62. The minimum absolute atomic E-state index is 0.125. The van der Waals surface area contributed by atoms with Crippen molar-refractivity contribution in [3.05, 3.63) is 59.4 Å². The molecule has 0 atom stereocenters. The molecule has 0 bridgehead atoms. The highest BCUT2D eigenvalue weighted by molar-refractivity contribution is 5.87. The minimum atomic E-state index is -0.795. The minimum Gasteiger partial charge on any atom is -0.481 e. The van der Waals surface area contributed by atoms with Crippen molar-refractivity contribution in [1.29, 1.82) is 0 Å². The number of hydrogen-bond acceptors (Lipinski definition) is 1. The number of nitrogens with one attached hydrogen (secondary N) is 1. The van der Waals surface area contributed by atoms with Crippen molar-refractivity contribution in [1.82, 2.24) is 4.98 Å². The van der Waals surface area contributed by atoms with Crippen molar-refractivity contribution in [2.45, 2.75) is 19.8 Å². The lowest BCUT2D eigenvalue weighted by molar-refractivity contribution is -0.136. The molecule has 0 fully saturated rings. The van der Waals surface area contributed by atoms with Crippen molar-refractivity contribution in [2.75, 3.05) is 0 Å². The molecule has 0 aliphatic carbocycles. The van der Waals surface area contributed by atoms with Gasteiger partial charge in [-0.15, -0.1) is 0 Å². The summed E-state index contributed by atoms with van der Waals surface area (Å²) in [6.45, 7) is 1.88. The van der Waals surface area contributed by atoms with Gasteiger partial charge in [-0.1, -0.05) is 6.07 Å². The summed E-state index contributed by atoms with van der Waals surface area (Å²) in [6.07, 6.45) is 0.640. The zero-order valence-corrected chi connectivity index (χ0v) is 12.2. The second-order valence-electron chi connectivity index (χ2n) is 5.46. The van der Waals surface area contributed by atoms with Crippen LogP contribution in [0.4, 0.5) is 4.39 Å². The molecule has 0 saturated carbocycles. The Morgan fingerprint density at radius 3 is 2.73 bits per heavy atom. The zero-order chi connectivity index (χ0) is 15.7. The molecule has 3 rings (SSSR count). The van der Waals surface area contributed by atoms with Crippen molar-refractivity contribution in [3.8, 4) is 11.3 Å². The van der Waals surface area contributed by atoms with Gasteiger partial charge in [0.1, 0.15) is 5.82 Å². The fourth-order valence-corrected chi connectivity index (χ4v) is 2.66. The third-order valence-electron chi connectivity index (χ3n) is 3.79. The van der Waals surface area contributed by atoms with Crippen LogP contribution in [0, 0.1) is 12.7 Å². The third kappa shape index (κ3) is 2.86. The molecule has 112 valence electrons. The second-order valence-corrected chi connectivity index (χ2v) is 5.46. The molecule has 3 aromatic rings. The molecule has 0 aliphatic rings. The number of fused-ring (bicyclic) bond motifs is 1. The van der Waals surface area contributed by atoms with E-state index in [1.807, 2.05) is 31.2 Å². The van der Waals surface area contributed by atoms with E-state index in [1.54, 1.807) is 6.07 Å². The van der Waals surface area contributed by atoms with E-state index >= 15 is 0 Å². The highest BCUT2D eigenvalue weighted by atomic mass is 19.1. The first-order valence-electron chi connectivity index (χ1n) is 7.13. The first kappa shape index (κ1) is 14.3. The lowest BCUT2D eigenvalue weighted by Gasteiger charge is -2.02. The van der Waals surface area contributed by atoms with Gasteiger partial charge in [-0.2, -0.15) is 0 Å². The molecule has 2 N–H and O–H groups in total. The van der Waals surface area contributed by atoms with Gasteiger partial charge in [0.2, 0.25) is 0 Å². The largest absolute Gasteiger partial charge is 0.481 e. The number of hydrogen-bond donors (Lipinski definition) is 2. The number of aromatic amines is 1. The van der Waals surface area contributed by atoms with E-state index in [2.05, 4.69) is 4.98 Å². The molecule has 22 heavy (non-hydrogen) atoms. The summed E-state index contributed by atoms with van der Waals surface area (Å²) in [5.74, 6) is -1.04. The average molecular weight is 297 g/mol. The van der Waals surface area contributed by atoms with Gasteiger partial charge >= 0.3 is 5.97 Å². The van der Waals surface area contributed by atoms with Gasteiger partial charge in [0.05, 0.1) is 0 Å². The Morgan fingerprint density at radius 2 is 2.00 bits per heavy atom. The van der Waals surface area contributed by atoms with Gasteiger partial charge in [0, 0.05) is 28.6 Å². The third-order valence-corrected chi connectivity index (χ3v) is 3.79. The molecule has 0 amide bonds. The van der Waals surface area contributed by atoms with Crippen LogP contribution in [0.1, 0.15) is 17.5 Å². The number of halogens is 1. The monoisotopic (exact) mass is 297 g/mol. The zero-order valence-electron chi connectivity index (χ0n) is 12.2. The summed E-state index contributed by atoms with van der Waals surface area (Å²) in [4.78, 5) is 14.0. The first-order chi connectivity index (χ1) is 10.5. The number of benzene rings is 2. The van der Waals surface area contributed by atoms with Crippen LogP contribution in [-0.2, 0) is 11.2 Å². The normalized spacial score (nSPS) is 11.0. The Balaban J connectivity index is 1.97. The fraction of sp³-hybridized carbons (Fsp3) is 0.167. The predicted molar refractivity (Wildman–Crippen MR) is 84.4 cm³/mol. The summed E-state index contributed by atoms with van der Waals surface area (Å²) in [5.41, 5.74) is 4.75. The second kappa shape index (κ2) is 5.64. The maximum absolute atomic E-state index is 13.2. The molecule has 2 aromatic carbocycles. The van der Waals surface area contributed by atoms with Crippen molar-refractivity contribution in [2.24, 2.45) is 0 Å². The van der Waals surface area contributed by atoms with Crippen LogP contribution >= 0.6 is 0 Å². The van der Waals surface area contributed by atoms with E-state index in [1.165, 1.54) is 12.1 Å². The number of carboxylic acids is 1. The molecule has 0 saturated heterocycles. The Kier molecular flexibility index (Phi) is 3.67. The van der Waals surface area contributed by atoms with Gasteiger partial charge in [0.25, 0.3) is 0 Å². The number of rotatable bonds is 4. The molecule has 0 unspecified atom stereocenters. The lowest BCUT2D eigenvalue weighted by Crippen LogP contribution is -1.96. The number of carbonyl (C=O) groups is 1. The molecule has 1 heterocycles. The predicted octanol–water partition coefficient (Wildman–Crippen LogP) is 4.30. The van der Waals surface area contributed by atoms with E-state index in [9.17, 15) is 9.18 Å². The van der Waals surface area contributed by atoms with Gasteiger partial charge in [-0.05, 0) is 60.9 Å². The van der Waals surface area contributed by atoms with E-state index in [4.69, 9.17) is 5.11 Å². The Labute approximate surface area is 127 Å². The molecule has 0 spiro atoms. The topological polar surface area (TPSA) is 53.1 Å². The van der Waals surface area contributed by atoms with Crippen molar-refractivity contribution >= 4 is 16.9 Å². The summed E-state index contributed by atoms with van der Waals surface area (Å²) in [5, 5.41) is 9.79. The average Bonchev–Trinajstić information content (AvgIpc) is 2.87. The number of H-pyrrole nitrogens is 1. The first-order valence-corrected chi connectivity index (χ1v) is 7.13.